The van der Waals surface area contributed by atoms with Crippen LogP contribution < -0.4 is 0 Å². The van der Waals surface area contributed by atoms with E-state index in [0.29, 0.717) is 29.6 Å². The van der Waals surface area contributed by atoms with Crippen LogP contribution in [-0.2, 0) is 4.74 Å². The molecule has 1 N–H and O–H groups in total. The summed E-state index contributed by atoms with van der Waals surface area (Å²) in [7, 11) is 0. The highest BCUT2D eigenvalue weighted by molar-refractivity contribution is 5.51. The average Bonchev–Trinajstić information content (AvgIpc) is 3.17. The van der Waals surface area contributed by atoms with Crippen molar-refractivity contribution in [3.05, 3.63) is 23.7 Å². The summed E-state index contributed by atoms with van der Waals surface area (Å²) in [6, 6.07) is 3.74. The molecule has 0 radical (unpaired) electrons. The lowest BCUT2D eigenvalue weighted by atomic mass is 10.2. The van der Waals surface area contributed by atoms with Crippen molar-refractivity contribution >= 4 is 0 Å². The number of nitrogens with one attached hydrogen (secondary N) is 1. The zero-order valence-electron chi connectivity index (χ0n) is 11.9. The van der Waals surface area contributed by atoms with Crippen LogP contribution in [0, 0.1) is 11.3 Å². The molecule has 110 valence electrons. The van der Waals surface area contributed by atoms with Crippen molar-refractivity contribution in [1.29, 1.82) is 5.26 Å². The smallest absolute Gasteiger partial charge is 0.274 e. The highest BCUT2D eigenvalue weighted by Gasteiger charge is 2.26. The van der Waals surface area contributed by atoms with Crippen LogP contribution in [0.4, 0.5) is 0 Å². The van der Waals surface area contributed by atoms with Gasteiger partial charge in [-0.1, -0.05) is 12.1 Å². The van der Waals surface area contributed by atoms with Crippen LogP contribution in [0.2, 0.25) is 0 Å². The molecule has 0 amide bonds. The SMILES string of the molecule is CCCN1CCOC(c2noc(-c3cc(C#N)c[nH]3)n2)C1. The molecule has 0 saturated carbocycles. The van der Waals surface area contributed by atoms with Gasteiger partial charge in [-0.05, 0) is 19.0 Å². The molecule has 21 heavy (non-hydrogen) atoms. The van der Waals surface area contributed by atoms with Crippen LogP contribution in [0.15, 0.2) is 16.8 Å². The zero-order chi connectivity index (χ0) is 14.7. The number of hydrogen-bond acceptors (Lipinski definition) is 6. The zero-order valence-corrected chi connectivity index (χ0v) is 11.9. The van der Waals surface area contributed by atoms with E-state index in [1.54, 1.807) is 12.3 Å². The van der Waals surface area contributed by atoms with E-state index < -0.39 is 0 Å². The molecule has 3 heterocycles. The topological polar surface area (TPSA) is 91.0 Å². The number of aromatic nitrogens is 3. The van der Waals surface area contributed by atoms with E-state index in [1.165, 1.54) is 0 Å². The summed E-state index contributed by atoms with van der Waals surface area (Å²) in [6.07, 6.45) is 2.57. The van der Waals surface area contributed by atoms with Gasteiger partial charge in [0.25, 0.3) is 5.89 Å². The number of H-pyrrole nitrogens is 1. The van der Waals surface area contributed by atoms with Crippen LogP contribution in [-0.4, -0.2) is 46.3 Å². The Balaban J connectivity index is 1.74. The third-order valence-corrected chi connectivity index (χ3v) is 3.46. The monoisotopic (exact) mass is 287 g/mol. The van der Waals surface area contributed by atoms with Gasteiger partial charge in [0.2, 0.25) is 5.82 Å². The molecule has 0 bridgehead atoms. The van der Waals surface area contributed by atoms with E-state index in [4.69, 9.17) is 14.5 Å². The maximum Gasteiger partial charge on any atom is 0.274 e. The predicted molar refractivity (Wildman–Crippen MR) is 74.2 cm³/mol. The van der Waals surface area contributed by atoms with Crippen molar-refractivity contribution in [2.24, 2.45) is 0 Å². The molecular weight excluding hydrogens is 270 g/mol. The minimum absolute atomic E-state index is 0.159. The molecule has 0 aliphatic carbocycles. The third kappa shape index (κ3) is 2.96. The molecule has 3 rings (SSSR count). The summed E-state index contributed by atoms with van der Waals surface area (Å²) < 4.78 is 11.0. The van der Waals surface area contributed by atoms with Gasteiger partial charge < -0.3 is 14.2 Å². The van der Waals surface area contributed by atoms with Crippen molar-refractivity contribution in [2.45, 2.75) is 19.4 Å². The maximum atomic E-state index is 8.82. The van der Waals surface area contributed by atoms with Gasteiger partial charge in [0.05, 0.1) is 12.2 Å². The van der Waals surface area contributed by atoms with Gasteiger partial charge in [0.1, 0.15) is 17.9 Å². The number of ether oxygens (including phenoxy) is 1. The van der Waals surface area contributed by atoms with Gasteiger partial charge in [-0.15, -0.1) is 0 Å². The molecule has 1 aliphatic rings. The predicted octanol–water partition coefficient (Wildman–Crippen LogP) is 1.72. The van der Waals surface area contributed by atoms with Crippen molar-refractivity contribution in [3.63, 3.8) is 0 Å². The molecule has 7 nitrogen and oxygen atoms in total. The van der Waals surface area contributed by atoms with Crippen LogP contribution in [0.5, 0.6) is 0 Å². The third-order valence-electron chi connectivity index (χ3n) is 3.46. The highest BCUT2D eigenvalue weighted by atomic mass is 16.5. The summed E-state index contributed by atoms with van der Waals surface area (Å²) in [4.78, 5) is 9.66. The number of nitrogens with zero attached hydrogens (tertiary/aromatic N) is 4. The lowest BCUT2D eigenvalue weighted by Gasteiger charge is -2.30. The number of nitriles is 1. The Hall–Kier alpha value is -2.17. The van der Waals surface area contributed by atoms with Gasteiger partial charge in [0.15, 0.2) is 0 Å². The highest BCUT2D eigenvalue weighted by Crippen LogP contribution is 2.23. The minimum Gasteiger partial charge on any atom is -0.367 e. The van der Waals surface area contributed by atoms with E-state index in [0.717, 1.165) is 26.1 Å². The average molecular weight is 287 g/mol. The second-order valence-electron chi connectivity index (χ2n) is 5.03. The van der Waals surface area contributed by atoms with E-state index in [1.807, 2.05) is 0 Å². The van der Waals surface area contributed by atoms with Gasteiger partial charge in [0, 0.05) is 19.3 Å². The molecule has 1 unspecified atom stereocenters. The number of aromatic amines is 1. The fourth-order valence-electron chi connectivity index (χ4n) is 2.44. The lowest BCUT2D eigenvalue weighted by Crippen LogP contribution is -2.39. The Morgan fingerprint density at radius 1 is 1.57 bits per heavy atom. The molecule has 7 heteroatoms. The lowest BCUT2D eigenvalue weighted by molar-refractivity contribution is -0.0350. The molecule has 0 spiro atoms. The first-order valence-corrected chi connectivity index (χ1v) is 7.06. The number of morpholine rings is 1. The Labute approximate surface area is 122 Å². The molecule has 0 aromatic carbocycles. The first kappa shape index (κ1) is 13.8. The normalized spacial score (nSPS) is 19.5. The Kier molecular flexibility index (Phi) is 3.99. The van der Waals surface area contributed by atoms with Crippen molar-refractivity contribution in [1.82, 2.24) is 20.0 Å². The standard InChI is InChI=1S/C14H17N5O2/c1-2-3-19-4-5-20-12(9-19)13-17-14(21-18-13)11-6-10(7-15)8-16-11/h6,8,12,16H,2-5,9H2,1H3. The Morgan fingerprint density at radius 2 is 2.48 bits per heavy atom. The minimum atomic E-state index is -0.159. The summed E-state index contributed by atoms with van der Waals surface area (Å²) in [5, 5.41) is 12.8. The maximum absolute atomic E-state index is 8.82. The first-order chi connectivity index (χ1) is 10.3. The van der Waals surface area contributed by atoms with Gasteiger partial charge in [-0.3, -0.25) is 4.90 Å². The molecule has 2 aromatic rings. The van der Waals surface area contributed by atoms with Gasteiger partial charge in [-0.25, -0.2) is 0 Å². The number of rotatable bonds is 4. The first-order valence-electron chi connectivity index (χ1n) is 7.06. The summed E-state index contributed by atoms with van der Waals surface area (Å²) in [5.74, 6) is 0.932. The second kappa shape index (κ2) is 6.08. The summed E-state index contributed by atoms with van der Waals surface area (Å²) in [5.41, 5.74) is 1.18. The van der Waals surface area contributed by atoms with E-state index in [-0.39, 0.29) is 6.10 Å². The Bertz CT molecular complexity index is 640. The van der Waals surface area contributed by atoms with Crippen molar-refractivity contribution in [3.8, 4) is 17.7 Å². The fraction of sp³-hybridized carbons (Fsp3) is 0.500. The quantitative estimate of drug-likeness (QED) is 0.920. The van der Waals surface area contributed by atoms with E-state index >= 15 is 0 Å². The largest absolute Gasteiger partial charge is 0.367 e. The van der Waals surface area contributed by atoms with Crippen LogP contribution in [0.25, 0.3) is 11.6 Å². The van der Waals surface area contributed by atoms with E-state index in [9.17, 15) is 0 Å². The van der Waals surface area contributed by atoms with Crippen LogP contribution >= 0.6 is 0 Å². The van der Waals surface area contributed by atoms with Gasteiger partial charge >= 0.3 is 0 Å². The van der Waals surface area contributed by atoms with Crippen molar-refractivity contribution in [2.75, 3.05) is 26.2 Å². The van der Waals surface area contributed by atoms with Crippen molar-refractivity contribution < 1.29 is 9.26 Å². The van der Waals surface area contributed by atoms with Crippen LogP contribution in [0.1, 0.15) is 30.8 Å². The van der Waals surface area contributed by atoms with Crippen LogP contribution in [0.3, 0.4) is 0 Å². The number of hydrogen-bond donors (Lipinski definition) is 1. The molecule has 1 atom stereocenters. The second-order valence-corrected chi connectivity index (χ2v) is 5.03. The molecular formula is C14H17N5O2. The molecule has 1 aliphatic heterocycles. The van der Waals surface area contributed by atoms with E-state index in [2.05, 4.69) is 33.0 Å². The Morgan fingerprint density at radius 3 is 3.24 bits per heavy atom. The summed E-state index contributed by atoms with van der Waals surface area (Å²) in [6.45, 7) is 5.61. The van der Waals surface area contributed by atoms with Gasteiger partial charge in [-0.2, -0.15) is 10.2 Å². The molecule has 1 fully saturated rings. The fourth-order valence-corrected chi connectivity index (χ4v) is 2.44. The molecule has 2 aromatic heterocycles. The summed E-state index contributed by atoms with van der Waals surface area (Å²) >= 11 is 0. The molecule has 1 saturated heterocycles.